The fourth-order valence-electron chi connectivity index (χ4n) is 5.56. The predicted molar refractivity (Wildman–Crippen MR) is 108 cm³/mol. The molecule has 152 valence electrons. The Morgan fingerprint density at radius 2 is 1.56 bits per heavy atom. The molecule has 1 aromatic heterocycles. The third-order valence-corrected chi connectivity index (χ3v) is 7.20. The summed E-state index contributed by atoms with van der Waals surface area (Å²) >= 11 is 0. The molecule has 2 heterocycles. The zero-order chi connectivity index (χ0) is 18.5. The lowest BCUT2D eigenvalue weighted by atomic mass is 9.95. The van der Waals surface area contributed by atoms with Gasteiger partial charge in [0.2, 0.25) is 0 Å². The van der Waals surface area contributed by atoms with Gasteiger partial charge in [0.05, 0.1) is 12.1 Å². The van der Waals surface area contributed by atoms with E-state index in [0.29, 0.717) is 12.1 Å². The number of unbranched alkanes of at least 4 members (excludes halogenated alkanes) is 1. The van der Waals surface area contributed by atoms with Crippen molar-refractivity contribution in [2.75, 3.05) is 26.2 Å². The molecule has 1 aliphatic heterocycles. The van der Waals surface area contributed by atoms with E-state index in [4.69, 9.17) is 0 Å². The third-order valence-electron chi connectivity index (χ3n) is 7.20. The summed E-state index contributed by atoms with van der Waals surface area (Å²) in [6.07, 6.45) is 15.9. The standard InChI is InChI=1S/C21H38N6/c1-2-3-13-20(21-22-23-24-27(21)19-11-5-4-6-12-19)26-16-14-25(15-17-26)18-9-7-8-10-18/h18-20H,2-17H2,1H3. The molecular weight excluding hydrogens is 336 g/mol. The number of nitrogens with zero attached hydrogens (tertiary/aromatic N) is 6. The monoisotopic (exact) mass is 374 g/mol. The van der Waals surface area contributed by atoms with Gasteiger partial charge in [0.15, 0.2) is 5.82 Å². The van der Waals surface area contributed by atoms with Gasteiger partial charge in [0.25, 0.3) is 0 Å². The summed E-state index contributed by atoms with van der Waals surface area (Å²) in [4.78, 5) is 5.44. The van der Waals surface area contributed by atoms with E-state index in [2.05, 4.69) is 36.9 Å². The van der Waals surface area contributed by atoms with Crippen LogP contribution in [0.4, 0.5) is 0 Å². The maximum atomic E-state index is 4.56. The highest BCUT2D eigenvalue weighted by Gasteiger charge is 2.33. The van der Waals surface area contributed by atoms with Crippen LogP contribution < -0.4 is 0 Å². The molecule has 2 aliphatic carbocycles. The second-order valence-electron chi connectivity index (χ2n) is 8.94. The summed E-state index contributed by atoms with van der Waals surface area (Å²) in [5, 5.41) is 13.1. The second-order valence-corrected chi connectivity index (χ2v) is 8.94. The molecule has 0 N–H and O–H groups in total. The highest BCUT2D eigenvalue weighted by atomic mass is 15.6. The Bertz CT molecular complexity index is 553. The van der Waals surface area contributed by atoms with Crippen molar-refractivity contribution < 1.29 is 0 Å². The zero-order valence-electron chi connectivity index (χ0n) is 17.2. The van der Waals surface area contributed by atoms with E-state index in [-0.39, 0.29) is 0 Å². The molecule has 0 amide bonds. The molecule has 6 heteroatoms. The Morgan fingerprint density at radius 1 is 0.889 bits per heavy atom. The maximum absolute atomic E-state index is 4.56. The summed E-state index contributed by atoms with van der Waals surface area (Å²) in [5.41, 5.74) is 0. The van der Waals surface area contributed by atoms with Crippen molar-refractivity contribution in [1.82, 2.24) is 30.0 Å². The number of rotatable bonds is 7. The SMILES string of the molecule is CCCCC(c1nnnn1C1CCCCC1)N1CCN(C2CCCC2)CC1. The van der Waals surface area contributed by atoms with Gasteiger partial charge in [0.1, 0.15) is 0 Å². The van der Waals surface area contributed by atoms with Crippen LogP contribution in [0.15, 0.2) is 0 Å². The van der Waals surface area contributed by atoms with Crippen molar-refractivity contribution in [2.24, 2.45) is 0 Å². The van der Waals surface area contributed by atoms with Gasteiger partial charge in [-0.25, -0.2) is 4.68 Å². The molecule has 1 unspecified atom stereocenters. The Morgan fingerprint density at radius 3 is 2.26 bits per heavy atom. The number of hydrogen-bond donors (Lipinski definition) is 0. The largest absolute Gasteiger partial charge is 0.298 e. The van der Waals surface area contributed by atoms with Crippen LogP contribution in [-0.4, -0.2) is 62.2 Å². The summed E-state index contributed by atoms with van der Waals surface area (Å²) < 4.78 is 2.21. The highest BCUT2D eigenvalue weighted by molar-refractivity contribution is 4.98. The molecule has 1 aromatic rings. The lowest BCUT2D eigenvalue weighted by molar-refractivity contribution is 0.0610. The first kappa shape index (κ1) is 19.3. The molecule has 0 bridgehead atoms. The maximum Gasteiger partial charge on any atom is 0.168 e. The smallest absolute Gasteiger partial charge is 0.168 e. The van der Waals surface area contributed by atoms with Crippen LogP contribution in [0.5, 0.6) is 0 Å². The van der Waals surface area contributed by atoms with Crippen molar-refractivity contribution >= 4 is 0 Å². The molecule has 6 nitrogen and oxygen atoms in total. The van der Waals surface area contributed by atoms with Gasteiger partial charge < -0.3 is 0 Å². The van der Waals surface area contributed by atoms with Gasteiger partial charge >= 0.3 is 0 Å². The van der Waals surface area contributed by atoms with Crippen molar-refractivity contribution in [3.63, 3.8) is 0 Å². The molecule has 1 atom stereocenters. The van der Waals surface area contributed by atoms with E-state index in [1.165, 1.54) is 103 Å². The number of piperazine rings is 1. The van der Waals surface area contributed by atoms with Crippen molar-refractivity contribution in [2.45, 2.75) is 102 Å². The fraction of sp³-hybridized carbons (Fsp3) is 0.952. The lowest BCUT2D eigenvalue weighted by Gasteiger charge is -2.41. The van der Waals surface area contributed by atoms with E-state index in [1.54, 1.807) is 0 Å². The molecule has 0 aromatic carbocycles. The van der Waals surface area contributed by atoms with Crippen LogP contribution in [0.2, 0.25) is 0 Å². The molecule has 1 saturated heterocycles. The van der Waals surface area contributed by atoms with E-state index in [9.17, 15) is 0 Å². The summed E-state index contributed by atoms with van der Waals surface area (Å²) in [5.74, 6) is 1.14. The van der Waals surface area contributed by atoms with Crippen LogP contribution >= 0.6 is 0 Å². The van der Waals surface area contributed by atoms with Gasteiger partial charge in [-0.1, -0.05) is 51.9 Å². The molecule has 3 aliphatic rings. The van der Waals surface area contributed by atoms with Crippen molar-refractivity contribution in [3.8, 4) is 0 Å². The first-order valence-electron chi connectivity index (χ1n) is 11.6. The second kappa shape index (κ2) is 9.46. The quantitative estimate of drug-likeness (QED) is 0.723. The fourth-order valence-corrected chi connectivity index (χ4v) is 5.56. The molecule has 27 heavy (non-hydrogen) atoms. The van der Waals surface area contributed by atoms with E-state index in [1.807, 2.05) is 0 Å². The normalized spacial score (nSPS) is 25.2. The minimum atomic E-state index is 0.396. The predicted octanol–water partition coefficient (Wildman–Crippen LogP) is 3.97. The molecular formula is C21H38N6. The Hall–Kier alpha value is -1.01. The summed E-state index contributed by atoms with van der Waals surface area (Å²) in [6.45, 7) is 7.07. The van der Waals surface area contributed by atoms with Crippen molar-refractivity contribution in [1.29, 1.82) is 0 Å². The van der Waals surface area contributed by atoms with Crippen LogP contribution in [0.25, 0.3) is 0 Å². The van der Waals surface area contributed by atoms with Gasteiger partial charge in [-0.3, -0.25) is 9.80 Å². The van der Waals surface area contributed by atoms with E-state index >= 15 is 0 Å². The van der Waals surface area contributed by atoms with Crippen LogP contribution in [-0.2, 0) is 0 Å². The average molecular weight is 375 g/mol. The van der Waals surface area contributed by atoms with E-state index in [0.717, 1.165) is 11.9 Å². The van der Waals surface area contributed by atoms with Crippen LogP contribution in [0.3, 0.4) is 0 Å². The number of tetrazole rings is 1. The van der Waals surface area contributed by atoms with Gasteiger partial charge in [-0.15, -0.1) is 5.10 Å². The van der Waals surface area contributed by atoms with Gasteiger partial charge in [0, 0.05) is 32.2 Å². The number of hydrogen-bond acceptors (Lipinski definition) is 5. The van der Waals surface area contributed by atoms with Crippen molar-refractivity contribution in [3.05, 3.63) is 5.82 Å². The topological polar surface area (TPSA) is 50.1 Å². The Balaban J connectivity index is 1.45. The average Bonchev–Trinajstić information content (AvgIpc) is 3.42. The van der Waals surface area contributed by atoms with Gasteiger partial charge in [-0.05, 0) is 42.5 Å². The molecule has 3 fully saturated rings. The molecule has 0 spiro atoms. The first-order chi connectivity index (χ1) is 13.4. The third kappa shape index (κ3) is 4.53. The molecule has 4 rings (SSSR count). The minimum absolute atomic E-state index is 0.396. The zero-order valence-corrected chi connectivity index (χ0v) is 17.2. The summed E-state index contributed by atoms with van der Waals surface area (Å²) in [7, 11) is 0. The lowest BCUT2D eigenvalue weighted by Crippen LogP contribution is -2.51. The Kier molecular flexibility index (Phi) is 6.77. The van der Waals surface area contributed by atoms with E-state index < -0.39 is 0 Å². The Labute approximate surface area is 164 Å². The van der Waals surface area contributed by atoms with Gasteiger partial charge in [-0.2, -0.15) is 0 Å². The molecule has 2 saturated carbocycles. The highest BCUT2D eigenvalue weighted by Crippen LogP contribution is 2.33. The first-order valence-corrected chi connectivity index (χ1v) is 11.6. The van der Waals surface area contributed by atoms with Crippen LogP contribution in [0, 0.1) is 0 Å². The minimum Gasteiger partial charge on any atom is -0.298 e. The summed E-state index contributed by atoms with van der Waals surface area (Å²) in [6, 6.07) is 1.77. The van der Waals surface area contributed by atoms with Crippen LogP contribution in [0.1, 0.15) is 102 Å². The molecule has 0 radical (unpaired) electrons. The number of aromatic nitrogens is 4.